The summed E-state index contributed by atoms with van der Waals surface area (Å²) in [7, 11) is -4.62. The van der Waals surface area contributed by atoms with Gasteiger partial charge in [-0.3, -0.25) is 0 Å². The Morgan fingerprint density at radius 3 is 2.32 bits per heavy atom. The molecule has 0 aromatic heterocycles. The van der Waals surface area contributed by atoms with Crippen LogP contribution in [0, 0.1) is 0 Å². The normalized spacial score (nSPS) is 12.2. The lowest BCUT2D eigenvalue weighted by Crippen LogP contribution is -2.34. The van der Waals surface area contributed by atoms with Crippen molar-refractivity contribution in [2.75, 3.05) is 17.3 Å². The van der Waals surface area contributed by atoms with Gasteiger partial charge in [0, 0.05) is 18.5 Å². The quantitative estimate of drug-likeness (QED) is 0.757. The van der Waals surface area contributed by atoms with Gasteiger partial charge in [0.2, 0.25) is 9.84 Å². The van der Waals surface area contributed by atoms with Crippen molar-refractivity contribution in [2.24, 2.45) is 0 Å². The Hall–Kier alpha value is -0.880. The van der Waals surface area contributed by atoms with Gasteiger partial charge in [-0.1, -0.05) is 12.1 Å². The number of alkyl halides is 3. The zero-order valence-corrected chi connectivity index (χ0v) is 12.3. The summed E-state index contributed by atoms with van der Waals surface area (Å²) in [6.45, 7) is 4.08. The number of hydrogen-bond acceptors (Lipinski definition) is 3. The number of hydrogen-bond donors (Lipinski definition) is 0. The number of nitrogens with zero attached hydrogens (tertiary/aromatic N) is 1. The molecule has 0 amide bonds. The summed E-state index contributed by atoms with van der Waals surface area (Å²) < 4.78 is 48.7. The highest BCUT2D eigenvalue weighted by Crippen LogP contribution is 2.30. The van der Waals surface area contributed by atoms with Gasteiger partial charge in [-0.15, -0.1) is 11.6 Å². The van der Waals surface area contributed by atoms with Crippen molar-refractivity contribution in [3.8, 4) is 0 Å². The highest BCUT2D eigenvalue weighted by Gasteiger charge is 2.30. The third kappa shape index (κ3) is 3.57. The molecule has 19 heavy (non-hydrogen) atoms. The van der Waals surface area contributed by atoms with E-state index in [1.54, 1.807) is 11.0 Å². The first kappa shape index (κ1) is 16.2. The fourth-order valence-electron chi connectivity index (χ4n) is 1.78. The molecule has 0 aliphatic carbocycles. The van der Waals surface area contributed by atoms with Gasteiger partial charge in [-0.05, 0) is 26.0 Å². The van der Waals surface area contributed by atoms with Gasteiger partial charge in [0.1, 0.15) is 0 Å². The second kappa shape index (κ2) is 6.52. The van der Waals surface area contributed by atoms with E-state index >= 15 is 0 Å². The molecule has 3 nitrogen and oxygen atoms in total. The lowest BCUT2D eigenvalue weighted by molar-refractivity contribution is 0.235. The summed E-state index contributed by atoms with van der Waals surface area (Å²) in [5, 5.41) is 0. The van der Waals surface area contributed by atoms with Crippen LogP contribution in [0.25, 0.3) is 0 Å². The third-order valence-corrected chi connectivity index (χ3v) is 4.26. The molecule has 0 aliphatic rings. The van der Waals surface area contributed by atoms with Crippen molar-refractivity contribution >= 4 is 27.1 Å². The summed E-state index contributed by atoms with van der Waals surface area (Å²) in [5.74, 6) is -3.15. The number of benzene rings is 1. The fourth-order valence-corrected chi connectivity index (χ4v) is 2.90. The molecule has 0 heterocycles. The molecule has 1 aromatic rings. The monoisotopic (exact) mass is 311 g/mol. The van der Waals surface area contributed by atoms with Gasteiger partial charge >= 0.3 is 5.76 Å². The molecular weight excluding hydrogens is 296 g/mol. The Balaban J connectivity index is 3.37. The van der Waals surface area contributed by atoms with E-state index < -0.39 is 15.6 Å². The highest BCUT2D eigenvalue weighted by molar-refractivity contribution is 7.91. The minimum Gasteiger partial charge on any atom is -0.367 e. The fraction of sp³-hybridized carbons (Fsp3) is 0.500. The van der Waals surface area contributed by atoms with Gasteiger partial charge in [0.25, 0.3) is 0 Å². The average Bonchev–Trinajstić information content (AvgIpc) is 2.35. The molecule has 0 saturated carbocycles. The summed E-state index contributed by atoms with van der Waals surface area (Å²) in [6, 6.07) is 5.71. The lowest BCUT2D eigenvalue weighted by atomic mass is 10.2. The highest BCUT2D eigenvalue weighted by atomic mass is 35.5. The Labute approximate surface area is 117 Å². The standard InChI is InChI=1S/C12H16ClF2NO2S/c1-9(2)16(8-7-13)10-5-3-4-6-11(10)19(17,18)12(14)15/h3-6,9,12H,7-8H2,1-2H3. The van der Waals surface area contributed by atoms with E-state index in [-0.39, 0.29) is 22.5 Å². The van der Waals surface area contributed by atoms with Crippen LogP contribution in [-0.2, 0) is 9.84 Å². The van der Waals surface area contributed by atoms with Crippen LogP contribution in [-0.4, -0.2) is 32.6 Å². The van der Waals surface area contributed by atoms with E-state index in [0.29, 0.717) is 6.54 Å². The van der Waals surface area contributed by atoms with Crippen molar-refractivity contribution in [3.63, 3.8) is 0 Å². The zero-order valence-electron chi connectivity index (χ0n) is 10.7. The van der Waals surface area contributed by atoms with Crippen LogP contribution in [0.15, 0.2) is 29.2 Å². The minimum absolute atomic E-state index is 0.0484. The molecule has 0 N–H and O–H groups in total. The molecule has 7 heteroatoms. The lowest BCUT2D eigenvalue weighted by Gasteiger charge is -2.30. The molecule has 108 valence electrons. The van der Waals surface area contributed by atoms with Crippen molar-refractivity contribution in [2.45, 2.75) is 30.5 Å². The topological polar surface area (TPSA) is 37.4 Å². The van der Waals surface area contributed by atoms with Crippen molar-refractivity contribution in [1.82, 2.24) is 0 Å². The SMILES string of the molecule is CC(C)N(CCCl)c1ccccc1S(=O)(=O)C(F)F. The van der Waals surface area contributed by atoms with Crippen molar-refractivity contribution in [3.05, 3.63) is 24.3 Å². The van der Waals surface area contributed by atoms with E-state index in [1.165, 1.54) is 18.2 Å². The Bertz CT molecular complexity index is 520. The molecule has 0 aliphatic heterocycles. The van der Waals surface area contributed by atoms with Crippen molar-refractivity contribution in [1.29, 1.82) is 0 Å². The molecule has 1 rings (SSSR count). The molecular formula is C12H16ClF2NO2S. The van der Waals surface area contributed by atoms with Crippen LogP contribution >= 0.6 is 11.6 Å². The number of rotatable bonds is 6. The molecule has 0 saturated heterocycles. The van der Waals surface area contributed by atoms with Crippen molar-refractivity contribution < 1.29 is 17.2 Å². The van der Waals surface area contributed by atoms with Crippen LogP contribution < -0.4 is 4.90 Å². The summed E-state index contributed by atoms with van der Waals surface area (Å²) in [5.41, 5.74) is 0.262. The molecule has 0 radical (unpaired) electrons. The van der Waals surface area contributed by atoms with Gasteiger partial charge in [-0.2, -0.15) is 8.78 Å². The van der Waals surface area contributed by atoms with Gasteiger partial charge < -0.3 is 4.90 Å². The molecule has 0 fully saturated rings. The van der Waals surface area contributed by atoms with Crippen LogP contribution in [0.1, 0.15) is 13.8 Å². The zero-order chi connectivity index (χ0) is 14.6. The van der Waals surface area contributed by atoms with E-state index in [1.807, 2.05) is 13.8 Å². The van der Waals surface area contributed by atoms with Crippen LogP contribution in [0.4, 0.5) is 14.5 Å². The van der Waals surface area contributed by atoms with E-state index in [4.69, 9.17) is 11.6 Å². The molecule has 0 bridgehead atoms. The van der Waals surface area contributed by atoms with Crippen LogP contribution in [0.5, 0.6) is 0 Å². The number of para-hydroxylation sites is 1. The Morgan fingerprint density at radius 2 is 1.84 bits per heavy atom. The first-order valence-corrected chi connectivity index (χ1v) is 7.84. The van der Waals surface area contributed by atoms with Gasteiger partial charge in [0.05, 0.1) is 10.6 Å². The Kier molecular flexibility index (Phi) is 5.55. The minimum atomic E-state index is -4.62. The number of anilines is 1. The second-order valence-electron chi connectivity index (χ2n) is 4.25. The number of sulfone groups is 1. The van der Waals surface area contributed by atoms with Crippen LogP contribution in [0.3, 0.4) is 0 Å². The second-order valence-corrected chi connectivity index (χ2v) is 6.51. The maximum absolute atomic E-state index is 12.7. The first-order valence-electron chi connectivity index (χ1n) is 5.76. The van der Waals surface area contributed by atoms with E-state index in [0.717, 1.165) is 0 Å². The number of halogens is 3. The largest absolute Gasteiger partial charge is 0.367 e. The smallest absolute Gasteiger partial charge is 0.341 e. The van der Waals surface area contributed by atoms with E-state index in [9.17, 15) is 17.2 Å². The summed E-state index contributed by atoms with van der Waals surface area (Å²) in [4.78, 5) is 1.34. The summed E-state index contributed by atoms with van der Waals surface area (Å²) >= 11 is 5.68. The third-order valence-electron chi connectivity index (χ3n) is 2.66. The molecule has 1 aromatic carbocycles. The molecule has 0 unspecified atom stereocenters. The predicted octanol–water partition coefficient (Wildman–Crippen LogP) is 3.14. The molecule has 0 spiro atoms. The maximum Gasteiger partial charge on any atom is 0.341 e. The maximum atomic E-state index is 12.7. The molecule has 0 atom stereocenters. The predicted molar refractivity (Wildman–Crippen MR) is 72.8 cm³/mol. The average molecular weight is 312 g/mol. The summed E-state index contributed by atoms with van der Waals surface area (Å²) in [6.07, 6.45) is 0. The van der Waals surface area contributed by atoms with E-state index in [2.05, 4.69) is 0 Å². The van der Waals surface area contributed by atoms with Gasteiger partial charge in [-0.25, -0.2) is 8.42 Å². The Morgan fingerprint density at radius 1 is 1.26 bits per heavy atom. The van der Waals surface area contributed by atoms with Crippen LogP contribution in [0.2, 0.25) is 0 Å². The first-order chi connectivity index (χ1) is 8.82. The van der Waals surface area contributed by atoms with Gasteiger partial charge in [0.15, 0.2) is 0 Å².